The maximum absolute atomic E-state index is 5.58. The van der Waals surface area contributed by atoms with Gasteiger partial charge in [-0.25, -0.2) is 0 Å². The van der Waals surface area contributed by atoms with Crippen molar-refractivity contribution in [1.29, 1.82) is 0 Å². The van der Waals surface area contributed by atoms with E-state index in [2.05, 4.69) is 62.2 Å². The van der Waals surface area contributed by atoms with Crippen LogP contribution in [-0.4, -0.2) is 0 Å². The van der Waals surface area contributed by atoms with E-state index in [1.54, 1.807) is 0 Å². The topological polar surface area (TPSA) is 0 Å². The Morgan fingerprint density at radius 3 is 2.40 bits per heavy atom. The zero-order chi connectivity index (χ0) is 10.9. The first-order valence-corrected chi connectivity index (χ1v) is 5.11. The molecule has 0 N–H and O–H groups in total. The van der Waals surface area contributed by atoms with E-state index in [4.69, 9.17) is 6.42 Å². The van der Waals surface area contributed by atoms with Gasteiger partial charge in [-0.3, -0.25) is 0 Å². The molecule has 0 aliphatic carbocycles. The Morgan fingerprint density at radius 1 is 1.00 bits per heavy atom. The third-order valence-electron chi connectivity index (χ3n) is 2.82. The van der Waals surface area contributed by atoms with Crippen molar-refractivity contribution in [2.24, 2.45) is 0 Å². The molecule has 0 unspecified atom stereocenters. The van der Waals surface area contributed by atoms with Gasteiger partial charge in [-0.2, -0.15) is 0 Å². The van der Waals surface area contributed by atoms with E-state index in [1.165, 1.54) is 16.3 Å². The third kappa shape index (κ3) is 1.62. The lowest BCUT2D eigenvalue weighted by atomic mass is 9.83. The molecular formula is C15H14. The standard InChI is InChI=1S/C15H14/c1-4-15(2,3)14-11-7-9-12-8-5-6-10-13(12)14/h1,5-11H,2-3H3. The Morgan fingerprint density at radius 2 is 1.67 bits per heavy atom. The summed E-state index contributed by atoms with van der Waals surface area (Å²) in [7, 11) is 0. The van der Waals surface area contributed by atoms with Crippen LogP contribution in [0, 0.1) is 12.3 Å². The molecule has 2 rings (SSSR count). The van der Waals surface area contributed by atoms with Crippen LogP contribution in [0.5, 0.6) is 0 Å². The summed E-state index contributed by atoms with van der Waals surface area (Å²) in [4.78, 5) is 0. The molecule has 0 aromatic heterocycles. The fraction of sp³-hybridized carbons (Fsp3) is 0.200. The van der Waals surface area contributed by atoms with Crippen molar-refractivity contribution in [2.45, 2.75) is 19.3 Å². The van der Waals surface area contributed by atoms with E-state index in [9.17, 15) is 0 Å². The average Bonchev–Trinajstić information content (AvgIpc) is 2.28. The van der Waals surface area contributed by atoms with Gasteiger partial charge < -0.3 is 0 Å². The van der Waals surface area contributed by atoms with Gasteiger partial charge in [0.25, 0.3) is 0 Å². The average molecular weight is 194 g/mol. The molecule has 0 aliphatic rings. The molecule has 0 bridgehead atoms. The number of hydrogen-bond acceptors (Lipinski definition) is 0. The molecule has 0 aliphatic heterocycles. The van der Waals surface area contributed by atoms with Crippen molar-refractivity contribution in [1.82, 2.24) is 0 Å². The lowest BCUT2D eigenvalue weighted by Crippen LogP contribution is -2.14. The van der Waals surface area contributed by atoms with Gasteiger partial charge in [0.15, 0.2) is 0 Å². The van der Waals surface area contributed by atoms with Gasteiger partial charge in [0.05, 0.1) is 5.41 Å². The molecule has 0 saturated carbocycles. The highest BCUT2D eigenvalue weighted by Crippen LogP contribution is 2.29. The second-order valence-corrected chi connectivity index (χ2v) is 4.30. The molecule has 74 valence electrons. The van der Waals surface area contributed by atoms with E-state index in [0.717, 1.165) is 0 Å². The lowest BCUT2D eigenvalue weighted by molar-refractivity contribution is 0.706. The van der Waals surface area contributed by atoms with Crippen LogP contribution in [0.15, 0.2) is 42.5 Å². The number of terminal acetylenes is 1. The minimum atomic E-state index is -0.207. The van der Waals surface area contributed by atoms with Gasteiger partial charge in [0, 0.05) is 0 Å². The first kappa shape index (κ1) is 9.80. The lowest BCUT2D eigenvalue weighted by Gasteiger charge is -2.20. The molecule has 0 heteroatoms. The summed E-state index contributed by atoms with van der Waals surface area (Å²) >= 11 is 0. The van der Waals surface area contributed by atoms with E-state index < -0.39 is 0 Å². The van der Waals surface area contributed by atoms with Crippen LogP contribution in [0.2, 0.25) is 0 Å². The van der Waals surface area contributed by atoms with Gasteiger partial charge >= 0.3 is 0 Å². The SMILES string of the molecule is C#CC(C)(C)c1cccc2ccccc12. The Hall–Kier alpha value is -1.74. The van der Waals surface area contributed by atoms with E-state index in [0.29, 0.717) is 0 Å². The van der Waals surface area contributed by atoms with Crippen molar-refractivity contribution < 1.29 is 0 Å². The second kappa shape index (κ2) is 3.44. The Kier molecular flexibility index (Phi) is 2.25. The summed E-state index contributed by atoms with van der Waals surface area (Å²) in [6, 6.07) is 14.6. The summed E-state index contributed by atoms with van der Waals surface area (Å²) in [5, 5.41) is 2.50. The van der Waals surface area contributed by atoms with Crippen LogP contribution in [0.1, 0.15) is 19.4 Å². The quantitative estimate of drug-likeness (QED) is 0.606. The predicted molar refractivity (Wildman–Crippen MR) is 65.8 cm³/mol. The van der Waals surface area contributed by atoms with Crippen LogP contribution < -0.4 is 0 Å². The highest BCUT2D eigenvalue weighted by molar-refractivity contribution is 5.87. The summed E-state index contributed by atoms with van der Waals surface area (Å²) in [6.45, 7) is 4.16. The summed E-state index contributed by atoms with van der Waals surface area (Å²) in [5.41, 5.74) is 1.02. The third-order valence-corrected chi connectivity index (χ3v) is 2.82. The first-order chi connectivity index (χ1) is 7.15. The molecule has 15 heavy (non-hydrogen) atoms. The van der Waals surface area contributed by atoms with Crippen molar-refractivity contribution in [3.63, 3.8) is 0 Å². The molecule has 0 spiro atoms. The normalized spacial score (nSPS) is 11.3. The van der Waals surface area contributed by atoms with Gasteiger partial charge in [0.2, 0.25) is 0 Å². The van der Waals surface area contributed by atoms with Gasteiger partial charge in [-0.05, 0) is 30.2 Å². The van der Waals surface area contributed by atoms with Crippen molar-refractivity contribution in [3.05, 3.63) is 48.0 Å². The minimum Gasteiger partial charge on any atom is -0.119 e. The van der Waals surface area contributed by atoms with Gasteiger partial charge in [-0.1, -0.05) is 48.4 Å². The van der Waals surface area contributed by atoms with Crippen LogP contribution in [0.3, 0.4) is 0 Å². The molecule has 0 saturated heterocycles. The van der Waals surface area contributed by atoms with Crippen LogP contribution in [0.4, 0.5) is 0 Å². The molecular weight excluding hydrogens is 180 g/mol. The smallest absolute Gasteiger partial charge is 0.0510 e. The maximum atomic E-state index is 5.58. The first-order valence-electron chi connectivity index (χ1n) is 5.11. The fourth-order valence-electron chi connectivity index (χ4n) is 1.85. The Balaban J connectivity index is 2.78. The van der Waals surface area contributed by atoms with Crippen molar-refractivity contribution >= 4 is 10.8 Å². The fourth-order valence-corrected chi connectivity index (χ4v) is 1.85. The van der Waals surface area contributed by atoms with E-state index in [-0.39, 0.29) is 5.41 Å². The maximum Gasteiger partial charge on any atom is 0.0510 e. The highest BCUT2D eigenvalue weighted by Gasteiger charge is 2.18. The molecule has 0 radical (unpaired) electrons. The molecule has 0 fully saturated rings. The Labute approximate surface area is 90.9 Å². The van der Waals surface area contributed by atoms with Gasteiger partial charge in [0.1, 0.15) is 0 Å². The monoisotopic (exact) mass is 194 g/mol. The molecule has 2 aromatic rings. The highest BCUT2D eigenvalue weighted by atomic mass is 14.2. The molecule has 0 nitrogen and oxygen atoms in total. The van der Waals surface area contributed by atoms with E-state index >= 15 is 0 Å². The number of benzene rings is 2. The van der Waals surface area contributed by atoms with Gasteiger partial charge in [-0.15, -0.1) is 6.42 Å². The predicted octanol–water partition coefficient (Wildman–Crippen LogP) is 3.75. The molecule has 2 aromatic carbocycles. The number of rotatable bonds is 1. The van der Waals surface area contributed by atoms with E-state index in [1.807, 2.05) is 0 Å². The summed E-state index contributed by atoms with van der Waals surface area (Å²) in [5.74, 6) is 2.85. The largest absolute Gasteiger partial charge is 0.119 e. The van der Waals surface area contributed by atoms with Crippen LogP contribution in [0.25, 0.3) is 10.8 Å². The van der Waals surface area contributed by atoms with Crippen LogP contribution >= 0.6 is 0 Å². The Bertz CT molecular complexity index is 522. The summed E-state index contributed by atoms with van der Waals surface area (Å²) < 4.78 is 0. The molecule has 0 atom stereocenters. The number of fused-ring (bicyclic) bond motifs is 1. The minimum absolute atomic E-state index is 0.207. The molecule has 0 heterocycles. The molecule has 0 amide bonds. The van der Waals surface area contributed by atoms with Crippen molar-refractivity contribution in [3.8, 4) is 12.3 Å². The second-order valence-electron chi connectivity index (χ2n) is 4.30. The van der Waals surface area contributed by atoms with Crippen molar-refractivity contribution in [2.75, 3.05) is 0 Å². The van der Waals surface area contributed by atoms with Crippen LogP contribution in [-0.2, 0) is 5.41 Å². The zero-order valence-electron chi connectivity index (χ0n) is 9.12. The number of hydrogen-bond donors (Lipinski definition) is 0. The summed E-state index contributed by atoms with van der Waals surface area (Å²) in [6.07, 6.45) is 5.58. The zero-order valence-corrected chi connectivity index (χ0v) is 9.12.